The van der Waals surface area contributed by atoms with Crippen molar-refractivity contribution in [2.45, 2.75) is 24.0 Å². The number of benzene rings is 4. The Morgan fingerprint density at radius 3 is 2.34 bits per heavy atom. The zero-order chi connectivity index (χ0) is 27.4. The molecule has 0 radical (unpaired) electrons. The molecule has 3 nitrogen and oxygen atoms in total. The number of hydrogen-bond acceptors (Lipinski definition) is 3. The van der Waals surface area contributed by atoms with E-state index in [2.05, 4.69) is 5.32 Å². The molecule has 1 aliphatic carbocycles. The second kappa shape index (κ2) is 9.55. The number of fused-ring (bicyclic) bond motifs is 3. The fourth-order valence-corrected chi connectivity index (χ4v) is 5.93. The van der Waals surface area contributed by atoms with Crippen LogP contribution in [0.25, 0.3) is 22.3 Å². The lowest BCUT2D eigenvalue weighted by molar-refractivity contribution is -0.139. The van der Waals surface area contributed by atoms with Crippen molar-refractivity contribution in [2.75, 3.05) is 5.32 Å². The van der Waals surface area contributed by atoms with Gasteiger partial charge in [0.2, 0.25) is 0 Å². The molecule has 0 saturated carbocycles. The Hall–Kier alpha value is -3.14. The van der Waals surface area contributed by atoms with Crippen molar-refractivity contribution in [3.63, 3.8) is 0 Å². The van der Waals surface area contributed by atoms with Crippen molar-refractivity contribution >= 4 is 37.0 Å². The summed E-state index contributed by atoms with van der Waals surface area (Å²) >= 11 is 6.17. The Morgan fingerprint density at radius 2 is 1.63 bits per heavy atom. The number of anilines is 1. The molecule has 1 aliphatic rings. The Morgan fingerprint density at radius 1 is 0.895 bits per heavy atom. The number of hydrogen-bond donors (Lipinski definition) is 1. The van der Waals surface area contributed by atoms with E-state index in [1.54, 1.807) is 6.07 Å². The molecule has 196 valence electrons. The largest absolute Gasteiger partial charge is 0.419 e. The zero-order valence-electron chi connectivity index (χ0n) is 19.1. The van der Waals surface area contributed by atoms with E-state index in [0.717, 1.165) is 28.8 Å². The highest BCUT2D eigenvalue weighted by Crippen LogP contribution is 2.45. The fraction of sp³-hybridized carbons (Fsp3) is 0.111. The zero-order valence-corrected chi connectivity index (χ0v) is 21.5. The van der Waals surface area contributed by atoms with Gasteiger partial charge < -0.3 is 5.32 Å². The molecule has 0 heterocycles. The minimum absolute atomic E-state index is 0.0101. The van der Waals surface area contributed by atoms with E-state index in [9.17, 15) is 26.0 Å². The van der Waals surface area contributed by atoms with Gasteiger partial charge in [-0.1, -0.05) is 48.0 Å². The Kier molecular flexibility index (Phi) is 6.65. The maximum absolute atomic E-state index is 15.7. The Bertz CT molecular complexity index is 1700. The molecule has 0 saturated heterocycles. The number of alkyl halides is 3. The van der Waals surface area contributed by atoms with Crippen LogP contribution in [0.3, 0.4) is 0 Å². The average Bonchev–Trinajstić information content (AvgIpc) is 3.22. The minimum Gasteiger partial charge on any atom is -0.381 e. The van der Waals surface area contributed by atoms with Crippen LogP contribution in [0.4, 0.5) is 27.6 Å². The van der Waals surface area contributed by atoms with E-state index in [1.807, 2.05) is 30.3 Å². The molecule has 0 bridgehead atoms. The number of nitrogens with one attached hydrogen (secondary N) is 1. The molecule has 0 spiro atoms. The second-order valence-electron chi connectivity index (χ2n) is 8.71. The van der Waals surface area contributed by atoms with E-state index in [-0.39, 0.29) is 22.8 Å². The normalized spacial score (nSPS) is 12.8. The highest BCUT2D eigenvalue weighted by atomic mass is 35.7. The van der Waals surface area contributed by atoms with Crippen LogP contribution in [0, 0.1) is 11.6 Å². The molecule has 0 unspecified atom stereocenters. The maximum atomic E-state index is 15.7. The summed E-state index contributed by atoms with van der Waals surface area (Å²) in [6.07, 6.45) is -4.49. The Labute approximate surface area is 224 Å². The molecule has 4 aromatic rings. The van der Waals surface area contributed by atoms with Gasteiger partial charge >= 0.3 is 6.18 Å². The molecule has 5 rings (SSSR count). The predicted molar refractivity (Wildman–Crippen MR) is 137 cm³/mol. The van der Waals surface area contributed by atoms with Gasteiger partial charge in [0.25, 0.3) is 9.05 Å². The van der Waals surface area contributed by atoms with Crippen LogP contribution in [-0.4, -0.2) is 8.42 Å². The third-order valence-corrected chi connectivity index (χ3v) is 7.90. The van der Waals surface area contributed by atoms with Gasteiger partial charge in [0.1, 0.15) is 10.7 Å². The number of rotatable bonds is 5. The molecule has 0 atom stereocenters. The Balaban J connectivity index is 1.66. The predicted octanol–water partition coefficient (Wildman–Crippen LogP) is 8.41. The highest BCUT2D eigenvalue weighted by molar-refractivity contribution is 8.13. The molecule has 1 N–H and O–H groups in total. The first-order chi connectivity index (χ1) is 17.8. The smallest absolute Gasteiger partial charge is 0.381 e. The fourth-order valence-electron chi connectivity index (χ4n) is 4.72. The summed E-state index contributed by atoms with van der Waals surface area (Å²) in [7, 11) is 0.980. The maximum Gasteiger partial charge on any atom is 0.419 e. The summed E-state index contributed by atoms with van der Waals surface area (Å²) in [4.78, 5) is -0.790. The quantitative estimate of drug-likeness (QED) is 0.167. The average molecular weight is 584 g/mol. The van der Waals surface area contributed by atoms with Gasteiger partial charge in [0, 0.05) is 33.5 Å². The van der Waals surface area contributed by atoms with Crippen LogP contribution in [0.15, 0.2) is 71.6 Å². The van der Waals surface area contributed by atoms with Gasteiger partial charge in [-0.2, -0.15) is 13.2 Å². The monoisotopic (exact) mass is 583 g/mol. The summed E-state index contributed by atoms with van der Waals surface area (Å²) in [5.74, 6) is -2.51. The lowest BCUT2D eigenvalue weighted by Crippen LogP contribution is -2.10. The van der Waals surface area contributed by atoms with Crippen molar-refractivity contribution in [1.29, 1.82) is 0 Å². The lowest BCUT2D eigenvalue weighted by Gasteiger charge is -2.19. The molecule has 11 heteroatoms. The standard InChI is InChI=1S/C27H16Cl2F5NO2S/c28-16-10-21(26(31)24(11-16)38(29,36)37)25-15(5-7-19-18-4-2-1-3-14(18)9-20(19)25)13-35-17-6-8-23(30)22(12-17)27(32,33)34/h1-8,10-12,35H,9,13H2. The minimum atomic E-state index is -4.89. The topological polar surface area (TPSA) is 46.2 Å². The van der Waals surface area contributed by atoms with Crippen molar-refractivity contribution < 1.29 is 30.4 Å². The molecule has 4 aromatic carbocycles. The van der Waals surface area contributed by atoms with Gasteiger partial charge in [-0.05, 0) is 70.1 Å². The first-order valence-electron chi connectivity index (χ1n) is 11.1. The first-order valence-corrected chi connectivity index (χ1v) is 13.8. The van der Waals surface area contributed by atoms with Crippen molar-refractivity contribution in [3.8, 4) is 22.3 Å². The summed E-state index contributed by atoms with van der Waals surface area (Å²) in [5, 5.41) is 2.77. The molecular formula is C27H16Cl2F5NO2S. The molecule has 0 fully saturated rings. The first kappa shape index (κ1) is 26.5. The lowest BCUT2D eigenvalue weighted by atomic mass is 9.90. The summed E-state index contributed by atoms with van der Waals surface area (Å²) < 4.78 is 93.2. The van der Waals surface area contributed by atoms with E-state index < -0.39 is 37.3 Å². The van der Waals surface area contributed by atoms with Gasteiger partial charge in [-0.15, -0.1) is 0 Å². The van der Waals surface area contributed by atoms with Crippen molar-refractivity contribution in [2.24, 2.45) is 0 Å². The highest BCUT2D eigenvalue weighted by Gasteiger charge is 2.34. The van der Waals surface area contributed by atoms with Crippen LogP contribution in [0.2, 0.25) is 5.02 Å². The van der Waals surface area contributed by atoms with Crippen LogP contribution in [0.1, 0.15) is 22.3 Å². The molecular weight excluding hydrogens is 568 g/mol. The van der Waals surface area contributed by atoms with Crippen molar-refractivity contribution in [1.82, 2.24) is 0 Å². The molecule has 0 aliphatic heterocycles. The van der Waals surface area contributed by atoms with E-state index in [0.29, 0.717) is 35.2 Å². The van der Waals surface area contributed by atoms with E-state index in [4.69, 9.17) is 22.3 Å². The second-order valence-corrected chi connectivity index (χ2v) is 11.7. The van der Waals surface area contributed by atoms with Gasteiger partial charge in [-0.25, -0.2) is 17.2 Å². The van der Waals surface area contributed by atoms with Crippen LogP contribution in [-0.2, 0) is 28.2 Å². The van der Waals surface area contributed by atoms with E-state index >= 15 is 4.39 Å². The summed E-state index contributed by atoms with van der Waals surface area (Å²) in [6.45, 7) is -0.0865. The van der Waals surface area contributed by atoms with Crippen LogP contribution < -0.4 is 5.32 Å². The third kappa shape index (κ3) is 4.86. The summed E-state index contributed by atoms with van der Waals surface area (Å²) in [6, 6.07) is 15.7. The van der Waals surface area contributed by atoms with Gasteiger partial charge in [-0.3, -0.25) is 0 Å². The van der Waals surface area contributed by atoms with Crippen molar-refractivity contribution in [3.05, 3.63) is 106 Å². The third-order valence-electron chi connectivity index (χ3n) is 6.36. The van der Waals surface area contributed by atoms with Crippen LogP contribution in [0.5, 0.6) is 0 Å². The van der Waals surface area contributed by atoms with E-state index in [1.165, 1.54) is 6.07 Å². The molecule has 38 heavy (non-hydrogen) atoms. The molecule has 0 aromatic heterocycles. The van der Waals surface area contributed by atoms with Gasteiger partial charge in [0.15, 0.2) is 5.82 Å². The summed E-state index contributed by atoms with van der Waals surface area (Å²) in [5.41, 5.74) is 2.62. The SMILES string of the molecule is O=S(=O)(Cl)c1cc(Cl)cc(-c2c(CNc3ccc(F)c(C(F)(F)F)c3)ccc3c2Cc2ccccc2-3)c1F. The van der Waals surface area contributed by atoms with Crippen LogP contribution >= 0.6 is 22.3 Å². The van der Waals surface area contributed by atoms with Gasteiger partial charge in [0.05, 0.1) is 5.56 Å². The number of halogens is 7. The molecule has 0 amide bonds.